The molecule has 6 heteroatoms. The molecular formula is C13H14Cl2N2OS. The van der Waals surface area contributed by atoms with Crippen LogP contribution in [0.15, 0.2) is 12.1 Å². The van der Waals surface area contributed by atoms with E-state index in [1.165, 1.54) is 0 Å². The van der Waals surface area contributed by atoms with Gasteiger partial charge in [-0.15, -0.1) is 11.8 Å². The van der Waals surface area contributed by atoms with Crippen LogP contribution in [0, 0.1) is 0 Å². The molecule has 2 heterocycles. The molecule has 1 aromatic carbocycles. The zero-order valence-electron chi connectivity index (χ0n) is 10.3. The van der Waals surface area contributed by atoms with Gasteiger partial charge in [-0.2, -0.15) is 0 Å². The lowest BCUT2D eigenvalue weighted by Gasteiger charge is -2.31. The lowest BCUT2D eigenvalue weighted by molar-refractivity contribution is -0.133. The number of carbonyl (C=O) groups is 1. The summed E-state index contributed by atoms with van der Waals surface area (Å²) in [5.74, 6) is 1.90. The Balaban J connectivity index is 1.80. The molecule has 0 bridgehead atoms. The number of carbonyl (C=O) groups excluding carboxylic acids is 1. The molecule has 2 aliphatic rings. The van der Waals surface area contributed by atoms with Crippen molar-refractivity contribution in [2.75, 3.05) is 18.2 Å². The molecule has 19 heavy (non-hydrogen) atoms. The molecule has 3 rings (SSSR count). The molecule has 102 valence electrons. The van der Waals surface area contributed by atoms with Crippen LogP contribution < -0.4 is 5.32 Å². The second kappa shape index (κ2) is 5.52. The third-order valence-electron chi connectivity index (χ3n) is 3.58. The Hall–Kier alpha value is -0.420. The first-order chi connectivity index (χ1) is 9.15. The van der Waals surface area contributed by atoms with Gasteiger partial charge in [0.25, 0.3) is 0 Å². The molecule has 0 saturated carbocycles. The predicted molar refractivity (Wildman–Crippen MR) is 79.8 cm³/mol. The van der Waals surface area contributed by atoms with Crippen LogP contribution in [-0.4, -0.2) is 35.0 Å². The van der Waals surface area contributed by atoms with Gasteiger partial charge >= 0.3 is 0 Å². The number of hydrogen-bond acceptors (Lipinski definition) is 3. The minimum Gasteiger partial charge on any atom is -0.337 e. The number of benzene rings is 1. The highest BCUT2D eigenvalue weighted by atomic mass is 35.5. The standard InChI is InChI=1S/C13H14Cl2N2OS/c14-9-3-8-1-2-17(5-10(8)11(15)4-9)13(18)12-6-19-7-16-12/h3-4,12,16H,1-2,5-7H2/t12-/m0/s1. The Labute approximate surface area is 126 Å². The average Bonchev–Trinajstić information content (AvgIpc) is 2.91. The fourth-order valence-electron chi connectivity index (χ4n) is 2.54. The summed E-state index contributed by atoms with van der Waals surface area (Å²) in [5.41, 5.74) is 2.20. The molecule has 1 aromatic rings. The molecule has 0 aromatic heterocycles. The maximum Gasteiger partial charge on any atom is 0.240 e. The highest BCUT2D eigenvalue weighted by Crippen LogP contribution is 2.30. The predicted octanol–water partition coefficient (Wildman–Crippen LogP) is 2.54. The van der Waals surface area contributed by atoms with Gasteiger partial charge in [0.1, 0.15) is 0 Å². The van der Waals surface area contributed by atoms with Gasteiger partial charge in [-0.1, -0.05) is 23.2 Å². The maximum atomic E-state index is 12.4. The van der Waals surface area contributed by atoms with E-state index in [2.05, 4.69) is 5.32 Å². The number of amides is 1. The number of fused-ring (bicyclic) bond motifs is 1. The SMILES string of the molecule is O=C([C@@H]1CSCN1)N1CCc2cc(Cl)cc(Cl)c2C1. The maximum absolute atomic E-state index is 12.4. The van der Waals surface area contributed by atoms with Crippen LogP contribution in [0.5, 0.6) is 0 Å². The van der Waals surface area contributed by atoms with Gasteiger partial charge in [-0.3, -0.25) is 10.1 Å². The van der Waals surface area contributed by atoms with Crippen molar-refractivity contribution in [3.05, 3.63) is 33.3 Å². The van der Waals surface area contributed by atoms with Crippen LogP contribution in [0.3, 0.4) is 0 Å². The molecule has 1 amide bonds. The molecule has 0 radical (unpaired) electrons. The number of halogens is 2. The van der Waals surface area contributed by atoms with Gasteiger partial charge in [0.05, 0.1) is 6.04 Å². The molecule has 1 N–H and O–H groups in total. The minimum atomic E-state index is -0.0439. The van der Waals surface area contributed by atoms with Gasteiger partial charge in [0.2, 0.25) is 5.91 Å². The Kier molecular flexibility index (Phi) is 3.94. The van der Waals surface area contributed by atoms with Gasteiger partial charge in [-0.25, -0.2) is 0 Å². The van der Waals surface area contributed by atoms with Crippen molar-refractivity contribution in [3.8, 4) is 0 Å². The van der Waals surface area contributed by atoms with Crippen LogP contribution >= 0.6 is 35.0 Å². The van der Waals surface area contributed by atoms with E-state index in [1.54, 1.807) is 17.8 Å². The summed E-state index contributed by atoms with van der Waals surface area (Å²) in [6.07, 6.45) is 0.821. The highest BCUT2D eigenvalue weighted by molar-refractivity contribution is 7.99. The van der Waals surface area contributed by atoms with E-state index in [0.717, 1.165) is 35.7 Å². The molecule has 2 aliphatic heterocycles. The van der Waals surface area contributed by atoms with Crippen molar-refractivity contribution in [1.82, 2.24) is 10.2 Å². The normalized spacial score (nSPS) is 22.4. The lowest BCUT2D eigenvalue weighted by atomic mass is 9.99. The Morgan fingerprint density at radius 3 is 3.00 bits per heavy atom. The Morgan fingerprint density at radius 1 is 1.42 bits per heavy atom. The topological polar surface area (TPSA) is 32.3 Å². The van der Waals surface area contributed by atoms with E-state index in [4.69, 9.17) is 23.2 Å². The van der Waals surface area contributed by atoms with Crippen molar-refractivity contribution < 1.29 is 4.79 Å². The highest BCUT2D eigenvalue weighted by Gasteiger charge is 2.30. The smallest absolute Gasteiger partial charge is 0.240 e. The fraction of sp³-hybridized carbons (Fsp3) is 0.462. The van der Waals surface area contributed by atoms with Crippen LogP contribution in [0.1, 0.15) is 11.1 Å². The summed E-state index contributed by atoms with van der Waals surface area (Å²) >= 11 is 14.0. The lowest BCUT2D eigenvalue weighted by Crippen LogP contribution is -2.46. The third-order valence-corrected chi connectivity index (χ3v) is 5.07. The van der Waals surface area contributed by atoms with Crippen molar-refractivity contribution in [2.45, 2.75) is 19.0 Å². The molecular weight excluding hydrogens is 303 g/mol. The Morgan fingerprint density at radius 2 is 2.26 bits per heavy atom. The average molecular weight is 317 g/mol. The second-order valence-electron chi connectivity index (χ2n) is 4.81. The number of nitrogens with zero attached hydrogens (tertiary/aromatic N) is 1. The molecule has 0 aliphatic carbocycles. The van der Waals surface area contributed by atoms with Crippen molar-refractivity contribution in [1.29, 1.82) is 0 Å². The summed E-state index contributed by atoms with van der Waals surface area (Å²) in [4.78, 5) is 14.3. The van der Waals surface area contributed by atoms with E-state index >= 15 is 0 Å². The van der Waals surface area contributed by atoms with E-state index in [-0.39, 0.29) is 11.9 Å². The summed E-state index contributed by atoms with van der Waals surface area (Å²) < 4.78 is 0. The van der Waals surface area contributed by atoms with E-state index in [0.29, 0.717) is 16.6 Å². The van der Waals surface area contributed by atoms with Gasteiger partial charge in [0, 0.05) is 34.8 Å². The van der Waals surface area contributed by atoms with Crippen LogP contribution in [0.25, 0.3) is 0 Å². The van der Waals surface area contributed by atoms with E-state index < -0.39 is 0 Å². The fourth-order valence-corrected chi connectivity index (χ4v) is 4.07. The zero-order chi connectivity index (χ0) is 13.4. The van der Waals surface area contributed by atoms with E-state index in [1.807, 2.05) is 11.0 Å². The molecule has 0 unspecified atom stereocenters. The summed E-state index contributed by atoms with van der Waals surface area (Å²) in [7, 11) is 0. The van der Waals surface area contributed by atoms with Crippen LogP contribution in [-0.2, 0) is 17.8 Å². The van der Waals surface area contributed by atoms with E-state index in [9.17, 15) is 4.79 Å². The largest absolute Gasteiger partial charge is 0.337 e. The molecule has 0 spiro atoms. The van der Waals surface area contributed by atoms with Crippen molar-refractivity contribution in [3.63, 3.8) is 0 Å². The molecule has 1 atom stereocenters. The molecule has 1 fully saturated rings. The number of rotatable bonds is 1. The van der Waals surface area contributed by atoms with Crippen LogP contribution in [0.2, 0.25) is 10.0 Å². The quantitative estimate of drug-likeness (QED) is 0.864. The number of hydrogen-bond donors (Lipinski definition) is 1. The monoisotopic (exact) mass is 316 g/mol. The second-order valence-corrected chi connectivity index (χ2v) is 6.68. The number of nitrogens with one attached hydrogen (secondary N) is 1. The Bertz CT molecular complexity index is 518. The van der Waals surface area contributed by atoms with Gasteiger partial charge in [0.15, 0.2) is 0 Å². The first-order valence-electron chi connectivity index (χ1n) is 6.22. The first kappa shape index (κ1) is 13.6. The zero-order valence-corrected chi connectivity index (χ0v) is 12.6. The van der Waals surface area contributed by atoms with Crippen molar-refractivity contribution in [2.24, 2.45) is 0 Å². The first-order valence-corrected chi connectivity index (χ1v) is 8.13. The number of thioether (sulfide) groups is 1. The van der Waals surface area contributed by atoms with Crippen LogP contribution in [0.4, 0.5) is 0 Å². The minimum absolute atomic E-state index is 0.0439. The molecule has 1 saturated heterocycles. The summed E-state index contributed by atoms with van der Waals surface area (Å²) in [6.45, 7) is 1.33. The molecule has 3 nitrogen and oxygen atoms in total. The van der Waals surface area contributed by atoms with Gasteiger partial charge < -0.3 is 4.90 Å². The van der Waals surface area contributed by atoms with Crippen molar-refractivity contribution >= 4 is 40.9 Å². The summed E-state index contributed by atoms with van der Waals surface area (Å²) in [6, 6.07) is 3.66. The third kappa shape index (κ3) is 2.72. The van der Waals surface area contributed by atoms with Gasteiger partial charge in [-0.05, 0) is 29.7 Å². The summed E-state index contributed by atoms with van der Waals surface area (Å²) in [5, 5.41) is 4.54.